The van der Waals surface area contributed by atoms with Crippen LogP contribution in [-0.4, -0.2) is 24.1 Å². The average molecular weight is 339 g/mol. The molecule has 24 heavy (non-hydrogen) atoms. The molecule has 2 aromatic carbocycles. The lowest BCUT2D eigenvalue weighted by Crippen LogP contribution is -2.30. The Kier molecular flexibility index (Phi) is 5.57. The molecular formula is C15H14BF4N3O. The van der Waals surface area contributed by atoms with Gasteiger partial charge in [-0.2, -0.15) is 4.57 Å². The summed E-state index contributed by atoms with van der Waals surface area (Å²) in [6.45, 7) is 0. The molecule has 0 radical (unpaired) electrons. The van der Waals surface area contributed by atoms with E-state index in [0.29, 0.717) is 6.01 Å². The van der Waals surface area contributed by atoms with E-state index in [2.05, 4.69) is 5.10 Å². The van der Waals surface area contributed by atoms with Gasteiger partial charge in [-0.3, -0.25) is 0 Å². The van der Waals surface area contributed by atoms with Crippen molar-refractivity contribution in [2.24, 2.45) is 0 Å². The summed E-state index contributed by atoms with van der Waals surface area (Å²) in [7, 11) is -4.38. The van der Waals surface area contributed by atoms with Gasteiger partial charge < -0.3 is 22.0 Å². The molecule has 0 saturated heterocycles. The number of hydrogen-bond acceptors (Lipinski definition) is 2. The predicted octanol–water partition coefficient (Wildman–Crippen LogP) is 3.46. The van der Waals surface area contributed by atoms with E-state index in [1.807, 2.05) is 71.6 Å². The Bertz CT molecular complexity index is 757. The molecule has 0 fully saturated rings. The zero-order chi connectivity index (χ0) is 17.6. The van der Waals surface area contributed by atoms with Crippen molar-refractivity contribution in [1.82, 2.24) is 9.78 Å². The quantitative estimate of drug-likeness (QED) is 0.416. The first-order valence-corrected chi connectivity index (χ1v) is 6.92. The summed E-state index contributed by atoms with van der Waals surface area (Å²) < 4.78 is 48.0. The Hall–Kier alpha value is -2.84. The van der Waals surface area contributed by atoms with Gasteiger partial charge in [-0.1, -0.05) is 41.1 Å². The number of methoxy groups -OCH3 is 1. The molecule has 0 atom stereocenters. The van der Waals surface area contributed by atoms with Crippen LogP contribution in [0.25, 0.3) is 11.4 Å². The first-order valence-electron chi connectivity index (χ1n) is 6.92. The van der Waals surface area contributed by atoms with Crippen LogP contribution in [0, 0.1) is 0 Å². The first-order chi connectivity index (χ1) is 11.4. The molecule has 0 aliphatic heterocycles. The maximum Gasteiger partial charge on any atom is 0.673 e. The SMILES string of the molecule is COc1nn(-c2ccccc2)c[n+]1-c1ccccc1.F[B-](F)(F)F. The average Bonchev–Trinajstić information content (AvgIpc) is 2.99. The zero-order valence-electron chi connectivity index (χ0n) is 12.7. The van der Waals surface area contributed by atoms with Crippen LogP contribution in [0.2, 0.25) is 0 Å². The normalized spacial score (nSPS) is 10.7. The molecule has 0 aliphatic carbocycles. The molecule has 0 N–H and O–H groups in total. The van der Waals surface area contributed by atoms with Crippen LogP contribution in [0.1, 0.15) is 0 Å². The Balaban J connectivity index is 0.000000368. The highest BCUT2D eigenvalue weighted by molar-refractivity contribution is 6.50. The fourth-order valence-corrected chi connectivity index (χ4v) is 1.93. The minimum atomic E-state index is -6.00. The predicted molar refractivity (Wildman–Crippen MR) is 81.8 cm³/mol. The van der Waals surface area contributed by atoms with Gasteiger partial charge in [0.15, 0.2) is 0 Å². The lowest BCUT2D eigenvalue weighted by atomic mass is 10.3. The van der Waals surface area contributed by atoms with Crippen molar-refractivity contribution in [3.63, 3.8) is 0 Å². The van der Waals surface area contributed by atoms with Crippen LogP contribution in [0.5, 0.6) is 6.01 Å². The van der Waals surface area contributed by atoms with E-state index in [1.165, 1.54) is 0 Å². The number of rotatable bonds is 3. The lowest BCUT2D eigenvalue weighted by molar-refractivity contribution is -0.603. The molecule has 3 rings (SSSR count). The second-order valence-electron chi connectivity index (χ2n) is 4.58. The molecule has 0 aliphatic rings. The van der Waals surface area contributed by atoms with Crippen molar-refractivity contribution >= 4 is 7.25 Å². The van der Waals surface area contributed by atoms with Crippen LogP contribution < -0.4 is 9.30 Å². The Labute approximate surface area is 136 Å². The van der Waals surface area contributed by atoms with Crippen molar-refractivity contribution in [3.8, 4) is 17.4 Å². The van der Waals surface area contributed by atoms with E-state index in [-0.39, 0.29) is 0 Å². The fraction of sp³-hybridized carbons (Fsp3) is 0.0667. The Morgan fingerprint density at radius 2 is 1.42 bits per heavy atom. The number of halogens is 4. The molecule has 126 valence electrons. The summed E-state index contributed by atoms with van der Waals surface area (Å²) in [5, 5.41) is 4.43. The van der Waals surface area contributed by atoms with Crippen LogP contribution in [0.4, 0.5) is 17.3 Å². The van der Waals surface area contributed by atoms with Gasteiger partial charge in [0.2, 0.25) is 6.33 Å². The lowest BCUT2D eigenvalue weighted by Gasteiger charge is -1.96. The van der Waals surface area contributed by atoms with E-state index >= 15 is 0 Å². The van der Waals surface area contributed by atoms with E-state index in [9.17, 15) is 17.3 Å². The van der Waals surface area contributed by atoms with Gasteiger partial charge in [0.05, 0.1) is 12.2 Å². The molecule has 1 heterocycles. The minimum absolute atomic E-state index is 0.551. The molecule has 3 aromatic rings. The highest BCUT2D eigenvalue weighted by Crippen LogP contribution is 2.10. The molecule has 0 amide bonds. The van der Waals surface area contributed by atoms with Gasteiger partial charge in [0.1, 0.15) is 11.4 Å². The molecule has 1 aromatic heterocycles. The Morgan fingerprint density at radius 1 is 0.917 bits per heavy atom. The Morgan fingerprint density at radius 3 is 1.92 bits per heavy atom. The molecular weight excluding hydrogens is 325 g/mol. The summed E-state index contributed by atoms with van der Waals surface area (Å²) in [6.07, 6.45) is 1.91. The van der Waals surface area contributed by atoms with Gasteiger partial charge in [-0.25, -0.2) is 0 Å². The monoisotopic (exact) mass is 339 g/mol. The zero-order valence-corrected chi connectivity index (χ0v) is 12.7. The molecule has 0 unspecified atom stereocenters. The van der Waals surface area contributed by atoms with E-state index in [4.69, 9.17) is 4.74 Å². The third-order valence-corrected chi connectivity index (χ3v) is 2.86. The number of hydrogen-bond donors (Lipinski definition) is 0. The third-order valence-electron chi connectivity index (χ3n) is 2.86. The van der Waals surface area contributed by atoms with Crippen molar-refractivity contribution in [1.29, 1.82) is 0 Å². The topological polar surface area (TPSA) is 30.9 Å². The maximum atomic E-state index is 9.75. The second-order valence-corrected chi connectivity index (χ2v) is 4.58. The van der Waals surface area contributed by atoms with Crippen molar-refractivity contribution in [3.05, 3.63) is 67.0 Å². The van der Waals surface area contributed by atoms with E-state index < -0.39 is 7.25 Å². The van der Waals surface area contributed by atoms with Gasteiger partial charge in [0, 0.05) is 0 Å². The molecule has 0 spiro atoms. The van der Waals surface area contributed by atoms with Crippen LogP contribution in [0.3, 0.4) is 0 Å². The molecule has 0 saturated carbocycles. The molecule has 0 bridgehead atoms. The van der Waals surface area contributed by atoms with Crippen molar-refractivity contribution in [2.75, 3.05) is 7.11 Å². The maximum absolute atomic E-state index is 9.75. The highest BCUT2D eigenvalue weighted by atomic mass is 19.5. The van der Waals surface area contributed by atoms with E-state index in [0.717, 1.165) is 11.4 Å². The summed E-state index contributed by atoms with van der Waals surface area (Å²) in [6, 6.07) is 20.5. The van der Waals surface area contributed by atoms with Gasteiger partial charge in [-0.15, -0.1) is 0 Å². The van der Waals surface area contributed by atoms with Crippen molar-refractivity contribution in [2.45, 2.75) is 0 Å². The summed E-state index contributed by atoms with van der Waals surface area (Å²) in [4.78, 5) is 0. The highest BCUT2D eigenvalue weighted by Gasteiger charge is 2.21. The van der Waals surface area contributed by atoms with Crippen molar-refractivity contribution < 1.29 is 26.6 Å². The van der Waals surface area contributed by atoms with Crippen LogP contribution >= 0.6 is 0 Å². The number of benzene rings is 2. The first kappa shape index (κ1) is 17.5. The summed E-state index contributed by atoms with van der Waals surface area (Å²) in [5.41, 5.74) is 2.01. The summed E-state index contributed by atoms with van der Waals surface area (Å²) >= 11 is 0. The van der Waals surface area contributed by atoms with Gasteiger partial charge in [0.25, 0.3) is 0 Å². The second kappa shape index (κ2) is 7.63. The fourth-order valence-electron chi connectivity index (χ4n) is 1.93. The van der Waals surface area contributed by atoms with E-state index in [1.54, 1.807) is 11.8 Å². The molecule has 4 nitrogen and oxygen atoms in total. The minimum Gasteiger partial charge on any atom is -0.442 e. The number of ether oxygens (including phenoxy) is 1. The van der Waals surface area contributed by atoms with Crippen LogP contribution in [-0.2, 0) is 0 Å². The van der Waals surface area contributed by atoms with Gasteiger partial charge >= 0.3 is 13.3 Å². The smallest absolute Gasteiger partial charge is 0.442 e. The number of aromatic nitrogens is 3. The molecule has 9 heteroatoms. The largest absolute Gasteiger partial charge is 0.673 e. The van der Waals surface area contributed by atoms with Gasteiger partial charge in [-0.05, 0) is 24.3 Å². The third kappa shape index (κ3) is 5.11. The standard InChI is InChI=1S/C15H14N3O.BF4/c1-19-15-16-18(14-10-6-3-7-11-14)12-17(15)13-8-4-2-5-9-13;2-1(3,4)5/h2-12H,1H3;/q+1;-1. The van der Waals surface area contributed by atoms with Crippen LogP contribution in [0.15, 0.2) is 67.0 Å². The summed E-state index contributed by atoms with van der Waals surface area (Å²) in [5.74, 6) is 0. The number of nitrogens with zero attached hydrogens (tertiary/aromatic N) is 3. The number of para-hydroxylation sites is 2.